The summed E-state index contributed by atoms with van der Waals surface area (Å²) in [6.45, 7) is 5.07. The number of nitrogens with one attached hydrogen (secondary N) is 1. The summed E-state index contributed by atoms with van der Waals surface area (Å²) in [6.07, 6.45) is 0. The molecule has 0 bridgehead atoms. The van der Waals surface area contributed by atoms with Crippen molar-refractivity contribution in [2.75, 3.05) is 29.9 Å². The Bertz CT molecular complexity index is 716. The monoisotopic (exact) mass is 369 g/mol. The lowest BCUT2D eigenvalue weighted by Crippen LogP contribution is -2.32. The zero-order valence-corrected chi connectivity index (χ0v) is 16.0. The number of rotatable bonds is 6. The minimum Gasteiger partial charge on any atom is -0.326 e. The molecule has 0 aromatic heterocycles. The molecule has 3 rings (SSSR count). The van der Waals surface area contributed by atoms with Gasteiger partial charge in [-0.1, -0.05) is 49.4 Å². The van der Waals surface area contributed by atoms with Gasteiger partial charge < -0.3 is 11.1 Å². The largest absolute Gasteiger partial charge is 0.326 e. The Hall–Kier alpha value is -1.82. The number of carbonyl (C=O) groups excluding carboxylic acids is 1. The summed E-state index contributed by atoms with van der Waals surface area (Å²) in [5, 5.41) is 3.03. The SMILES string of the molecule is CC(C(=O)Nc1cccc(CN2CCSCC2)c1)C(N)c1ccccc1. The molecular formula is C21H27N3OS. The molecule has 1 saturated heterocycles. The van der Waals surface area contributed by atoms with Gasteiger partial charge in [-0.3, -0.25) is 9.69 Å². The van der Waals surface area contributed by atoms with Crippen molar-refractivity contribution in [1.82, 2.24) is 4.90 Å². The molecule has 2 atom stereocenters. The van der Waals surface area contributed by atoms with E-state index in [9.17, 15) is 4.79 Å². The maximum absolute atomic E-state index is 12.6. The summed E-state index contributed by atoms with van der Waals surface area (Å²) < 4.78 is 0. The zero-order valence-electron chi connectivity index (χ0n) is 15.2. The quantitative estimate of drug-likeness (QED) is 0.818. The van der Waals surface area contributed by atoms with Crippen LogP contribution in [0.15, 0.2) is 54.6 Å². The summed E-state index contributed by atoms with van der Waals surface area (Å²) in [5.74, 6) is 2.05. The summed E-state index contributed by atoms with van der Waals surface area (Å²) in [4.78, 5) is 15.1. The van der Waals surface area contributed by atoms with Crippen molar-refractivity contribution in [1.29, 1.82) is 0 Å². The van der Waals surface area contributed by atoms with E-state index in [0.717, 1.165) is 30.9 Å². The van der Waals surface area contributed by atoms with Crippen molar-refractivity contribution in [3.63, 3.8) is 0 Å². The van der Waals surface area contributed by atoms with E-state index in [1.807, 2.05) is 61.2 Å². The Morgan fingerprint density at radius 3 is 2.62 bits per heavy atom. The Kier molecular flexibility index (Phi) is 6.72. The van der Waals surface area contributed by atoms with E-state index in [-0.39, 0.29) is 17.9 Å². The smallest absolute Gasteiger partial charge is 0.229 e. The number of benzene rings is 2. The minimum atomic E-state index is -0.315. The number of hydrogen-bond acceptors (Lipinski definition) is 4. The van der Waals surface area contributed by atoms with Gasteiger partial charge in [-0.2, -0.15) is 11.8 Å². The van der Waals surface area contributed by atoms with Crippen LogP contribution in [0.1, 0.15) is 24.1 Å². The van der Waals surface area contributed by atoms with Crippen LogP contribution in [0.25, 0.3) is 0 Å². The topological polar surface area (TPSA) is 58.4 Å². The van der Waals surface area contributed by atoms with Crippen LogP contribution in [-0.2, 0) is 11.3 Å². The summed E-state index contributed by atoms with van der Waals surface area (Å²) in [7, 11) is 0. The lowest BCUT2D eigenvalue weighted by molar-refractivity contribution is -0.120. The van der Waals surface area contributed by atoms with E-state index in [1.165, 1.54) is 17.1 Å². The van der Waals surface area contributed by atoms with Crippen LogP contribution in [0.5, 0.6) is 0 Å². The van der Waals surface area contributed by atoms with E-state index in [4.69, 9.17) is 5.73 Å². The molecule has 0 spiro atoms. The molecule has 4 nitrogen and oxygen atoms in total. The number of nitrogens with two attached hydrogens (primary N) is 1. The highest BCUT2D eigenvalue weighted by atomic mass is 32.2. The van der Waals surface area contributed by atoms with Crippen LogP contribution in [0.2, 0.25) is 0 Å². The molecule has 1 fully saturated rings. The molecule has 26 heavy (non-hydrogen) atoms. The van der Waals surface area contributed by atoms with Crippen LogP contribution >= 0.6 is 11.8 Å². The molecule has 2 aromatic carbocycles. The number of anilines is 1. The fourth-order valence-corrected chi connectivity index (χ4v) is 4.13. The maximum atomic E-state index is 12.6. The average molecular weight is 370 g/mol. The van der Waals surface area contributed by atoms with Crippen LogP contribution < -0.4 is 11.1 Å². The molecule has 2 aromatic rings. The Morgan fingerprint density at radius 2 is 1.88 bits per heavy atom. The lowest BCUT2D eigenvalue weighted by Gasteiger charge is -2.26. The Morgan fingerprint density at radius 1 is 1.15 bits per heavy atom. The summed E-state index contributed by atoms with van der Waals surface area (Å²) in [5.41, 5.74) is 9.33. The first-order chi connectivity index (χ1) is 12.6. The van der Waals surface area contributed by atoms with Gasteiger partial charge in [-0.05, 0) is 23.3 Å². The zero-order chi connectivity index (χ0) is 18.4. The second-order valence-corrected chi connectivity index (χ2v) is 8.03. The Labute approximate surface area is 160 Å². The molecule has 1 aliphatic heterocycles. The fraction of sp³-hybridized carbons (Fsp3) is 0.381. The number of hydrogen-bond donors (Lipinski definition) is 2. The second-order valence-electron chi connectivity index (χ2n) is 6.80. The van der Waals surface area contributed by atoms with Crippen molar-refractivity contribution < 1.29 is 4.79 Å². The van der Waals surface area contributed by atoms with Crippen molar-refractivity contribution in [2.24, 2.45) is 11.7 Å². The first-order valence-corrected chi connectivity index (χ1v) is 10.3. The molecule has 2 unspecified atom stereocenters. The van der Waals surface area contributed by atoms with Crippen molar-refractivity contribution >= 4 is 23.4 Å². The Balaban J connectivity index is 1.60. The van der Waals surface area contributed by atoms with Crippen LogP contribution in [0, 0.1) is 5.92 Å². The molecule has 1 heterocycles. The molecule has 138 valence electrons. The predicted molar refractivity (Wildman–Crippen MR) is 110 cm³/mol. The van der Waals surface area contributed by atoms with E-state index < -0.39 is 0 Å². The highest BCUT2D eigenvalue weighted by molar-refractivity contribution is 7.99. The van der Waals surface area contributed by atoms with Crippen LogP contribution in [0.3, 0.4) is 0 Å². The van der Waals surface area contributed by atoms with Gasteiger partial charge in [0.1, 0.15) is 0 Å². The molecule has 5 heteroatoms. The number of amides is 1. The molecule has 1 aliphatic rings. The molecular weight excluding hydrogens is 342 g/mol. The van der Waals surface area contributed by atoms with Gasteiger partial charge in [0, 0.05) is 42.9 Å². The van der Waals surface area contributed by atoms with Crippen molar-refractivity contribution in [3.8, 4) is 0 Å². The number of thioether (sulfide) groups is 1. The molecule has 0 saturated carbocycles. The standard InChI is InChI=1S/C21H27N3OS/c1-16(20(22)18-7-3-2-4-8-18)21(25)23-19-9-5-6-17(14-19)15-24-10-12-26-13-11-24/h2-9,14,16,20H,10-13,15,22H2,1H3,(H,23,25). The maximum Gasteiger partial charge on any atom is 0.229 e. The first-order valence-electron chi connectivity index (χ1n) is 9.14. The molecule has 0 aliphatic carbocycles. The highest BCUT2D eigenvalue weighted by Gasteiger charge is 2.22. The van der Waals surface area contributed by atoms with Crippen molar-refractivity contribution in [3.05, 3.63) is 65.7 Å². The van der Waals surface area contributed by atoms with Gasteiger partial charge in [0.2, 0.25) is 5.91 Å². The predicted octanol–water partition coefficient (Wildman–Crippen LogP) is 3.51. The number of carbonyl (C=O) groups is 1. The molecule has 1 amide bonds. The van der Waals surface area contributed by atoms with Gasteiger partial charge in [0.15, 0.2) is 0 Å². The van der Waals surface area contributed by atoms with Gasteiger partial charge in [-0.25, -0.2) is 0 Å². The molecule has 3 N–H and O–H groups in total. The lowest BCUT2D eigenvalue weighted by atomic mass is 9.94. The van der Waals surface area contributed by atoms with Gasteiger partial charge in [-0.15, -0.1) is 0 Å². The van der Waals surface area contributed by atoms with Crippen molar-refractivity contribution in [2.45, 2.75) is 19.5 Å². The second kappa shape index (κ2) is 9.21. The normalized spacial score (nSPS) is 17.5. The highest BCUT2D eigenvalue weighted by Crippen LogP contribution is 2.22. The summed E-state index contributed by atoms with van der Waals surface area (Å²) >= 11 is 2.01. The van der Waals surface area contributed by atoms with E-state index in [1.54, 1.807) is 0 Å². The number of nitrogens with zero attached hydrogens (tertiary/aromatic N) is 1. The van der Waals surface area contributed by atoms with E-state index in [0.29, 0.717) is 0 Å². The first kappa shape index (κ1) is 19.0. The third kappa shape index (κ3) is 5.10. The van der Waals surface area contributed by atoms with E-state index in [2.05, 4.69) is 22.3 Å². The van der Waals surface area contributed by atoms with E-state index >= 15 is 0 Å². The van der Waals surface area contributed by atoms with Gasteiger partial charge in [0.25, 0.3) is 0 Å². The van der Waals surface area contributed by atoms with Crippen LogP contribution in [0.4, 0.5) is 5.69 Å². The fourth-order valence-electron chi connectivity index (χ4n) is 3.15. The third-order valence-corrected chi connectivity index (χ3v) is 5.78. The van der Waals surface area contributed by atoms with Gasteiger partial charge in [0.05, 0.1) is 5.92 Å². The average Bonchev–Trinajstić information content (AvgIpc) is 2.68. The van der Waals surface area contributed by atoms with Gasteiger partial charge >= 0.3 is 0 Å². The van der Waals surface area contributed by atoms with Crippen LogP contribution in [-0.4, -0.2) is 35.4 Å². The third-order valence-electron chi connectivity index (χ3n) is 4.84. The minimum absolute atomic E-state index is 0.0483. The summed E-state index contributed by atoms with van der Waals surface area (Å²) in [6, 6.07) is 17.6. The molecule has 0 radical (unpaired) electrons.